The molecule has 6 nitrogen and oxygen atoms in total. The summed E-state index contributed by atoms with van der Waals surface area (Å²) in [5.74, 6) is 0.414. The first-order valence-corrected chi connectivity index (χ1v) is 11.9. The molecular weight excluding hydrogens is 457 g/mol. The van der Waals surface area contributed by atoms with Crippen molar-refractivity contribution in [3.63, 3.8) is 0 Å². The van der Waals surface area contributed by atoms with Gasteiger partial charge >= 0.3 is 0 Å². The van der Waals surface area contributed by atoms with E-state index in [0.29, 0.717) is 28.1 Å². The molecule has 0 atom stereocenters. The number of anilines is 1. The number of aryl methyl sites for hydroxylation is 1. The van der Waals surface area contributed by atoms with E-state index in [2.05, 4.69) is 25.1 Å². The van der Waals surface area contributed by atoms with Crippen molar-refractivity contribution in [1.82, 2.24) is 20.2 Å². The Morgan fingerprint density at radius 2 is 1.76 bits per heavy atom. The van der Waals surface area contributed by atoms with Crippen LogP contribution in [-0.4, -0.2) is 60.0 Å². The predicted molar refractivity (Wildman–Crippen MR) is 134 cm³/mol. The van der Waals surface area contributed by atoms with Gasteiger partial charge in [0.25, 0.3) is 5.91 Å². The van der Waals surface area contributed by atoms with Crippen LogP contribution >= 0.6 is 23.2 Å². The van der Waals surface area contributed by atoms with Crippen LogP contribution in [0.3, 0.4) is 0 Å². The van der Waals surface area contributed by atoms with Gasteiger partial charge in [0.15, 0.2) is 0 Å². The van der Waals surface area contributed by atoms with E-state index < -0.39 is 0 Å². The summed E-state index contributed by atoms with van der Waals surface area (Å²) in [4.78, 5) is 26.1. The molecule has 4 rings (SSSR count). The van der Waals surface area contributed by atoms with E-state index >= 15 is 0 Å². The molecule has 1 aliphatic rings. The molecule has 1 aliphatic heterocycles. The molecule has 1 fully saturated rings. The molecule has 3 aromatic rings. The first kappa shape index (κ1) is 23.5. The molecule has 0 unspecified atom stereocenters. The van der Waals surface area contributed by atoms with Gasteiger partial charge < -0.3 is 10.2 Å². The van der Waals surface area contributed by atoms with Crippen LogP contribution in [0.15, 0.2) is 54.6 Å². The summed E-state index contributed by atoms with van der Waals surface area (Å²) in [5, 5.41) is 4.20. The summed E-state index contributed by atoms with van der Waals surface area (Å²) in [6.45, 7) is 7.02. The molecule has 0 radical (unpaired) electrons. The monoisotopic (exact) mass is 483 g/mol. The minimum Gasteiger partial charge on any atom is -0.368 e. The molecule has 1 amide bonds. The third-order valence-electron chi connectivity index (χ3n) is 5.72. The fraction of sp³-hybridized carbons (Fsp3) is 0.320. The van der Waals surface area contributed by atoms with Crippen molar-refractivity contribution in [3.8, 4) is 11.3 Å². The van der Waals surface area contributed by atoms with Crippen molar-refractivity contribution >= 4 is 34.8 Å². The Bertz CT molecular complexity index is 1100. The van der Waals surface area contributed by atoms with E-state index in [1.54, 1.807) is 13.0 Å². The molecular formula is C25H27Cl2N5O. The Labute approximate surface area is 204 Å². The molecule has 0 aliphatic carbocycles. The number of carbonyl (C=O) groups excluding carboxylic acids is 1. The molecule has 0 saturated carbocycles. The van der Waals surface area contributed by atoms with Gasteiger partial charge in [-0.25, -0.2) is 9.97 Å². The number of nitrogens with one attached hydrogen (secondary N) is 1. The predicted octanol–water partition coefficient (Wildman–Crippen LogP) is 4.70. The number of amides is 1. The highest BCUT2D eigenvalue weighted by atomic mass is 35.5. The first-order chi connectivity index (χ1) is 16.0. The third-order valence-corrected chi connectivity index (χ3v) is 6.53. The molecule has 1 aromatic heterocycles. The summed E-state index contributed by atoms with van der Waals surface area (Å²) in [7, 11) is 0. The first-order valence-electron chi connectivity index (χ1n) is 11.1. The lowest BCUT2D eigenvalue weighted by Crippen LogP contribution is -2.47. The number of hydrogen-bond acceptors (Lipinski definition) is 5. The largest absolute Gasteiger partial charge is 0.368 e. The van der Waals surface area contributed by atoms with Gasteiger partial charge in [0.2, 0.25) is 0 Å². The number of benzene rings is 2. The van der Waals surface area contributed by atoms with Crippen molar-refractivity contribution in [3.05, 3.63) is 76.2 Å². The second kappa shape index (κ2) is 11.0. The Morgan fingerprint density at radius 1 is 1.00 bits per heavy atom. The van der Waals surface area contributed by atoms with Crippen LogP contribution in [0.1, 0.15) is 22.7 Å². The van der Waals surface area contributed by atoms with E-state index in [1.807, 2.05) is 48.5 Å². The Balaban J connectivity index is 1.23. The van der Waals surface area contributed by atoms with Crippen LogP contribution in [0.4, 0.5) is 5.69 Å². The summed E-state index contributed by atoms with van der Waals surface area (Å²) < 4.78 is 0. The standard InChI is InChI=1S/C25H27Cl2N5O/c1-18-29-21(19-7-3-2-4-8-19)17-22(30-18)25(33)28-11-6-12-31-13-15-32(16-14-31)23-10-5-9-20(26)24(23)27/h2-5,7-10,17H,6,11-16H2,1H3,(H,28,33). The molecule has 2 heterocycles. The fourth-order valence-electron chi connectivity index (χ4n) is 3.98. The zero-order valence-corrected chi connectivity index (χ0v) is 20.1. The van der Waals surface area contributed by atoms with Crippen molar-refractivity contribution in [2.45, 2.75) is 13.3 Å². The zero-order valence-electron chi connectivity index (χ0n) is 18.6. The van der Waals surface area contributed by atoms with Crippen LogP contribution in [0.25, 0.3) is 11.3 Å². The van der Waals surface area contributed by atoms with Crippen LogP contribution < -0.4 is 10.2 Å². The SMILES string of the molecule is Cc1nc(C(=O)NCCCN2CCN(c3cccc(Cl)c3Cl)CC2)cc(-c2ccccc2)n1. The molecule has 0 bridgehead atoms. The molecule has 2 aromatic carbocycles. The highest BCUT2D eigenvalue weighted by molar-refractivity contribution is 6.43. The molecule has 8 heteroatoms. The lowest BCUT2D eigenvalue weighted by atomic mass is 10.1. The maximum atomic E-state index is 12.6. The van der Waals surface area contributed by atoms with Crippen molar-refractivity contribution in [1.29, 1.82) is 0 Å². The average molecular weight is 484 g/mol. The van der Waals surface area contributed by atoms with Gasteiger partial charge in [-0.2, -0.15) is 0 Å². The van der Waals surface area contributed by atoms with Gasteiger partial charge in [0, 0.05) is 38.3 Å². The van der Waals surface area contributed by atoms with Crippen molar-refractivity contribution in [2.75, 3.05) is 44.2 Å². The quantitative estimate of drug-likeness (QED) is 0.493. The summed E-state index contributed by atoms with van der Waals surface area (Å²) in [6, 6.07) is 17.3. The minimum atomic E-state index is -0.168. The lowest BCUT2D eigenvalue weighted by Gasteiger charge is -2.36. The topological polar surface area (TPSA) is 61.4 Å². The molecule has 1 saturated heterocycles. The summed E-state index contributed by atoms with van der Waals surface area (Å²) >= 11 is 12.5. The number of piperazine rings is 1. The Morgan fingerprint density at radius 3 is 2.52 bits per heavy atom. The number of aromatic nitrogens is 2. The number of nitrogens with zero attached hydrogens (tertiary/aromatic N) is 4. The van der Waals surface area contributed by atoms with Crippen LogP contribution in [0.2, 0.25) is 10.0 Å². The summed E-state index contributed by atoms with van der Waals surface area (Å²) in [5.41, 5.74) is 3.11. The lowest BCUT2D eigenvalue weighted by molar-refractivity contribution is 0.0946. The van der Waals surface area contributed by atoms with Gasteiger partial charge in [-0.15, -0.1) is 0 Å². The van der Waals surface area contributed by atoms with Gasteiger partial charge in [0.05, 0.1) is 21.4 Å². The van der Waals surface area contributed by atoms with Crippen LogP contribution in [0.5, 0.6) is 0 Å². The Hall–Kier alpha value is -2.67. The number of halogens is 2. The molecule has 172 valence electrons. The molecule has 33 heavy (non-hydrogen) atoms. The van der Waals surface area contributed by atoms with E-state index in [-0.39, 0.29) is 5.91 Å². The Kier molecular flexibility index (Phi) is 7.81. The normalized spacial score (nSPS) is 14.3. The molecule has 1 N–H and O–H groups in total. The average Bonchev–Trinajstić information content (AvgIpc) is 2.84. The highest BCUT2D eigenvalue weighted by Gasteiger charge is 2.19. The minimum absolute atomic E-state index is 0.168. The molecule has 0 spiro atoms. The number of carbonyl (C=O) groups is 1. The van der Waals surface area contributed by atoms with Crippen molar-refractivity contribution in [2.24, 2.45) is 0 Å². The maximum absolute atomic E-state index is 12.6. The third kappa shape index (κ3) is 6.02. The fourth-order valence-corrected chi connectivity index (χ4v) is 4.40. The van der Waals surface area contributed by atoms with Crippen molar-refractivity contribution < 1.29 is 4.79 Å². The van der Waals surface area contributed by atoms with Gasteiger partial charge in [-0.1, -0.05) is 59.6 Å². The van der Waals surface area contributed by atoms with E-state index in [9.17, 15) is 4.79 Å². The zero-order chi connectivity index (χ0) is 23.2. The maximum Gasteiger partial charge on any atom is 0.270 e. The smallest absolute Gasteiger partial charge is 0.270 e. The van der Waals surface area contributed by atoms with Crippen LogP contribution in [0, 0.1) is 6.92 Å². The van der Waals surface area contributed by atoms with Gasteiger partial charge in [-0.3, -0.25) is 9.69 Å². The second-order valence-electron chi connectivity index (χ2n) is 8.06. The second-order valence-corrected chi connectivity index (χ2v) is 8.85. The van der Waals surface area contributed by atoms with E-state index in [4.69, 9.17) is 23.2 Å². The van der Waals surface area contributed by atoms with E-state index in [1.165, 1.54) is 0 Å². The van der Waals surface area contributed by atoms with E-state index in [0.717, 1.165) is 56.1 Å². The number of hydrogen-bond donors (Lipinski definition) is 1. The summed E-state index contributed by atoms with van der Waals surface area (Å²) in [6.07, 6.45) is 0.874. The number of rotatable bonds is 7. The van der Waals surface area contributed by atoms with Gasteiger partial charge in [-0.05, 0) is 38.1 Å². The highest BCUT2D eigenvalue weighted by Crippen LogP contribution is 2.32. The van der Waals surface area contributed by atoms with Crippen LogP contribution in [-0.2, 0) is 0 Å². The van der Waals surface area contributed by atoms with Gasteiger partial charge in [0.1, 0.15) is 11.5 Å².